The van der Waals surface area contributed by atoms with Crippen molar-refractivity contribution in [1.29, 1.82) is 0 Å². The van der Waals surface area contributed by atoms with Gasteiger partial charge in [0, 0.05) is 0 Å². The van der Waals surface area contributed by atoms with E-state index in [0.717, 1.165) is 19.4 Å². The van der Waals surface area contributed by atoms with E-state index in [1.165, 1.54) is 0 Å². The molecule has 0 spiro atoms. The van der Waals surface area contributed by atoms with Crippen molar-refractivity contribution in [2.75, 3.05) is 0 Å². The topological polar surface area (TPSA) is 58.2 Å². The first-order valence-corrected chi connectivity index (χ1v) is 6.54. The first-order chi connectivity index (χ1) is 7.39. The maximum atomic E-state index is 11.8. The van der Waals surface area contributed by atoms with E-state index in [4.69, 9.17) is 0 Å². The molecule has 1 fully saturated rings. The van der Waals surface area contributed by atoms with Crippen LogP contribution in [0.1, 0.15) is 19.8 Å². The minimum absolute atomic E-state index is 0.214. The molecule has 0 radical (unpaired) electrons. The van der Waals surface area contributed by atoms with Crippen molar-refractivity contribution in [3.63, 3.8) is 0 Å². The summed E-state index contributed by atoms with van der Waals surface area (Å²) in [5.41, 5.74) is 0.231. The van der Waals surface area contributed by atoms with Gasteiger partial charge in [-0.05, 0) is 0 Å². The fourth-order valence-corrected chi connectivity index (χ4v) is 1.76. The van der Waals surface area contributed by atoms with Crippen molar-refractivity contribution >= 4 is 16.2 Å². The molecule has 0 aliphatic carbocycles. The maximum absolute atomic E-state index is 11.8. The molecule has 1 aliphatic heterocycles. The molecule has 1 atom stereocenters. The van der Waals surface area contributed by atoms with Crippen LogP contribution in [0.2, 0.25) is 0 Å². The van der Waals surface area contributed by atoms with Gasteiger partial charge in [0.15, 0.2) is 0 Å². The van der Waals surface area contributed by atoms with Crippen LogP contribution in [0.3, 0.4) is 0 Å². The van der Waals surface area contributed by atoms with Gasteiger partial charge in [-0.1, -0.05) is 0 Å². The monoisotopic (exact) mass is 390 g/mol. The Labute approximate surface area is 106 Å². The summed E-state index contributed by atoms with van der Waals surface area (Å²) in [6.45, 7) is 9.02. The zero-order chi connectivity index (χ0) is 12.3. The summed E-state index contributed by atoms with van der Waals surface area (Å²) in [6, 6.07) is 0. The van der Waals surface area contributed by atoms with Gasteiger partial charge in [0.1, 0.15) is 0 Å². The predicted octanol–water partition coefficient (Wildman–Crippen LogP) is 0.190. The molecular formula is C11H14N2O2W. The third-order valence-electron chi connectivity index (χ3n) is 2.54. The molecule has 0 aromatic rings. The molecule has 1 rings (SSSR count). The molecule has 0 aromatic carbocycles. The van der Waals surface area contributed by atoms with E-state index in [0.29, 0.717) is 24.1 Å². The van der Waals surface area contributed by atoms with Gasteiger partial charge < -0.3 is 0 Å². The Kier molecular flexibility index (Phi) is 3.97. The number of allylic oxidation sites excluding steroid dienone is 1. The van der Waals surface area contributed by atoms with E-state index >= 15 is 0 Å². The van der Waals surface area contributed by atoms with Gasteiger partial charge in [-0.25, -0.2) is 0 Å². The number of carbonyl (C=O) groups is 2. The van der Waals surface area contributed by atoms with E-state index in [2.05, 4.69) is 23.8 Å². The van der Waals surface area contributed by atoms with Gasteiger partial charge in [-0.15, -0.1) is 0 Å². The van der Waals surface area contributed by atoms with Gasteiger partial charge in [-0.3, -0.25) is 0 Å². The first kappa shape index (κ1) is 13.0. The van der Waals surface area contributed by atoms with Crippen molar-refractivity contribution in [2.45, 2.75) is 25.3 Å². The Hall–Kier alpha value is -1.02. The van der Waals surface area contributed by atoms with Crippen LogP contribution < -0.4 is 10.6 Å². The summed E-state index contributed by atoms with van der Waals surface area (Å²) >= 11 is 1.15. The first-order valence-electron chi connectivity index (χ1n) is 4.85. The molecule has 4 nitrogen and oxygen atoms in total. The normalized spacial score (nSPS) is 24.6. The molecule has 0 saturated carbocycles. The standard InChI is InChI=1S/C11H14N2O2.W/c1-7(2)9(14)13-11(4)6-5-8(3)12-10(11)15;/h1H,2-3,5-6H2,4H3,(H,12,15)(H,13,14);. The number of carbonyl (C=O) groups excluding carboxylic acids is 2. The van der Waals surface area contributed by atoms with Gasteiger partial charge >= 0.3 is 106 Å². The van der Waals surface area contributed by atoms with E-state index in [1.54, 1.807) is 11.3 Å². The van der Waals surface area contributed by atoms with Crippen LogP contribution >= 0.6 is 0 Å². The number of piperidine rings is 1. The quantitative estimate of drug-likeness (QED) is 0.677. The molecule has 1 heterocycles. The molecule has 0 bridgehead atoms. The average molecular weight is 390 g/mol. The Balaban J connectivity index is 2.75. The molecule has 5 heteroatoms. The van der Waals surface area contributed by atoms with Gasteiger partial charge in [-0.2, -0.15) is 0 Å². The van der Waals surface area contributed by atoms with Crippen molar-refractivity contribution < 1.29 is 28.9 Å². The second-order valence-corrected chi connectivity index (χ2v) is 4.83. The number of hydrogen-bond acceptors (Lipinski definition) is 2. The predicted molar refractivity (Wildman–Crippen MR) is 58.3 cm³/mol. The number of nitrogens with one attached hydrogen (secondary N) is 2. The van der Waals surface area contributed by atoms with Gasteiger partial charge in [0.2, 0.25) is 0 Å². The third kappa shape index (κ3) is 2.76. The summed E-state index contributed by atoms with van der Waals surface area (Å²) in [5.74, 6) is -0.506. The molecule has 2 N–H and O–H groups in total. The molecule has 1 unspecified atom stereocenters. The van der Waals surface area contributed by atoms with Crippen molar-refractivity contribution in [2.24, 2.45) is 0 Å². The molecule has 1 saturated heterocycles. The zero-order valence-electron chi connectivity index (χ0n) is 9.13. The fraction of sp³-hybridized carbons (Fsp3) is 0.364. The minimum atomic E-state index is -0.862. The van der Waals surface area contributed by atoms with E-state index < -0.39 is 5.54 Å². The van der Waals surface area contributed by atoms with Gasteiger partial charge in [0.25, 0.3) is 0 Å². The molecule has 16 heavy (non-hydrogen) atoms. The molecule has 0 aromatic heterocycles. The molecule has 86 valence electrons. The number of hydrogen-bond donors (Lipinski definition) is 2. The Bertz CT molecular complexity index is 389. The second-order valence-electron chi connectivity index (χ2n) is 3.99. The van der Waals surface area contributed by atoms with Crippen LogP contribution in [0.15, 0.2) is 24.4 Å². The van der Waals surface area contributed by atoms with E-state index in [1.807, 2.05) is 0 Å². The van der Waals surface area contributed by atoms with E-state index in [9.17, 15) is 9.59 Å². The van der Waals surface area contributed by atoms with Crippen molar-refractivity contribution in [3.8, 4) is 0 Å². The molecular weight excluding hydrogens is 376 g/mol. The summed E-state index contributed by atoms with van der Waals surface area (Å²) in [6.07, 6.45) is 1.24. The Morgan fingerprint density at radius 1 is 1.69 bits per heavy atom. The SMILES string of the molecule is C=C1CCC(C)(NC(=O)C(=C)[CH]=[W])C(=O)N1. The van der Waals surface area contributed by atoms with Crippen LogP contribution in [-0.2, 0) is 28.9 Å². The summed E-state index contributed by atoms with van der Waals surface area (Å²) < 4.78 is 1.69. The number of amides is 2. The third-order valence-corrected chi connectivity index (χ3v) is 3.56. The van der Waals surface area contributed by atoms with Crippen LogP contribution in [0.5, 0.6) is 0 Å². The fourth-order valence-electron chi connectivity index (χ4n) is 1.38. The Morgan fingerprint density at radius 3 is 2.81 bits per heavy atom. The van der Waals surface area contributed by atoms with Crippen molar-refractivity contribution in [1.82, 2.24) is 10.6 Å². The van der Waals surface area contributed by atoms with Gasteiger partial charge in [0.05, 0.1) is 0 Å². The van der Waals surface area contributed by atoms with Crippen LogP contribution in [0.25, 0.3) is 0 Å². The van der Waals surface area contributed by atoms with Crippen LogP contribution in [0, 0.1) is 0 Å². The van der Waals surface area contributed by atoms with Crippen LogP contribution in [0.4, 0.5) is 0 Å². The van der Waals surface area contributed by atoms with Crippen molar-refractivity contribution in [3.05, 3.63) is 24.4 Å². The Morgan fingerprint density at radius 2 is 2.31 bits per heavy atom. The second kappa shape index (κ2) is 4.87. The molecule has 1 aliphatic rings. The number of rotatable bonds is 3. The summed E-state index contributed by atoms with van der Waals surface area (Å²) in [4.78, 5) is 23.4. The van der Waals surface area contributed by atoms with Crippen LogP contribution in [-0.4, -0.2) is 21.8 Å². The zero-order valence-corrected chi connectivity index (χ0v) is 12.1. The molecule has 2 amide bonds. The average Bonchev–Trinajstić information content (AvgIpc) is 2.23. The summed E-state index contributed by atoms with van der Waals surface area (Å²) in [7, 11) is 0. The van der Waals surface area contributed by atoms with E-state index in [-0.39, 0.29) is 11.8 Å². The summed E-state index contributed by atoms with van der Waals surface area (Å²) in [5, 5.41) is 5.36.